The van der Waals surface area contributed by atoms with Crippen molar-refractivity contribution >= 4 is 21.6 Å². The highest BCUT2D eigenvalue weighted by Gasteiger charge is 2.24. The molecular weight excluding hydrogens is 266 g/mol. The van der Waals surface area contributed by atoms with E-state index in [0.717, 1.165) is 0 Å². The molecule has 0 spiro atoms. The smallest absolute Gasteiger partial charge is 0.242 e. The molecule has 96 valence electrons. The maximum absolute atomic E-state index is 11.8. The molecule has 0 saturated carbocycles. The van der Waals surface area contributed by atoms with E-state index in [2.05, 4.69) is 4.72 Å². The first kappa shape index (κ1) is 14.4. The van der Waals surface area contributed by atoms with E-state index in [9.17, 15) is 13.5 Å². The van der Waals surface area contributed by atoms with Crippen LogP contribution >= 0.6 is 11.6 Å². The van der Waals surface area contributed by atoms with Crippen molar-refractivity contribution in [3.63, 3.8) is 0 Å². The maximum atomic E-state index is 11.8. The van der Waals surface area contributed by atoms with Gasteiger partial charge in [0.25, 0.3) is 0 Å². The lowest BCUT2D eigenvalue weighted by molar-refractivity contribution is 0.00681. The fraction of sp³-hybridized carbons (Fsp3) is 0.400. The SMILES string of the molecule is CC(O)(CO)CNS(=O)(=O)c1ccccc1Cl. The fourth-order valence-corrected chi connectivity index (χ4v) is 2.73. The molecule has 0 radical (unpaired) electrons. The summed E-state index contributed by atoms with van der Waals surface area (Å²) < 4.78 is 25.8. The first-order valence-electron chi connectivity index (χ1n) is 4.86. The molecule has 0 heterocycles. The van der Waals surface area contributed by atoms with E-state index < -0.39 is 22.2 Å². The first-order chi connectivity index (χ1) is 7.78. The molecule has 1 atom stereocenters. The summed E-state index contributed by atoms with van der Waals surface area (Å²) in [6.07, 6.45) is 0. The van der Waals surface area contributed by atoms with Gasteiger partial charge >= 0.3 is 0 Å². The molecule has 0 aliphatic rings. The second-order valence-electron chi connectivity index (χ2n) is 3.91. The minimum Gasteiger partial charge on any atom is -0.393 e. The standard InChI is InChI=1S/C10H14ClNO4S/c1-10(14,7-13)6-12-17(15,16)9-5-3-2-4-8(9)11/h2-5,12-14H,6-7H2,1H3. The number of halogens is 1. The van der Waals surface area contributed by atoms with E-state index in [4.69, 9.17) is 16.7 Å². The van der Waals surface area contributed by atoms with Crippen LogP contribution in [0.2, 0.25) is 5.02 Å². The van der Waals surface area contributed by atoms with Crippen molar-refractivity contribution in [2.45, 2.75) is 17.4 Å². The lowest BCUT2D eigenvalue weighted by Gasteiger charge is -2.20. The van der Waals surface area contributed by atoms with Gasteiger partial charge in [-0.3, -0.25) is 0 Å². The molecule has 1 unspecified atom stereocenters. The van der Waals surface area contributed by atoms with E-state index in [1.807, 2.05) is 0 Å². The topological polar surface area (TPSA) is 86.6 Å². The van der Waals surface area contributed by atoms with Crippen LogP contribution in [0.5, 0.6) is 0 Å². The fourth-order valence-electron chi connectivity index (χ4n) is 1.05. The number of rotatable bonds is 5. The molecule has 0 bridgehead atoms. The van der Waals surface area contributed by atoms with E-state index in [1.54, 1.807) is 12.1 Å². The average Bonchev–Trinajstić information content (AvgIpc) is 2.27. The summed E-state index contributed by atoms with van der Waals surface area (Å²) in [6.45, 7) is 0.483. The lowest BCUT2D eigenvalue weighted by Crippen LogP contribution is -2.43. The molecule has 0 fully saturated rings. The molecule has 0 aromatic heterocycles. The molecule has 0 aliphatic heterocycles. The Morgan fingerprint density at radius 2 is 2.00 bits per heavy atom. The Hall–Kier alpha value is -0.660. The number of nitrogens with one attached hydrogen (secondary N) is 1. The number of sulfonamides is 1. The number of benzene rings is 1. The van der Waals surface area contributed by atoms with Crippen LogP contribution in [0.3, 0.4) is 0 Å². The van der Waals surface area contributed by atoms with Crippen molar-refractivity contribution < 1.29 is 18.6 Å². The van der Waals surface area contributed by atoms with Crippen molar-refractivity contribution in [3.8, 4) is 0 Å². The van der Waals surface area contributed by atoms with Crippen LogP contribution in [0.1, 0.15) is 6.92 Å². The minimum atomic E-state index is -3.79. The third kappa shape index (κ3) is 3.93. The molecule has 1 rings (SSSR count). The predicted octanol–water partition coefficient (Wildman–Crippen LogP) is 0.362. The van der Waals surface area contributed by atoms with E-state index in [-0.39, 0.29) is 16.5 Å². The molecule has 1 aromatic carbocycles. The van der Waals surface area contributed by atoms with Crippen molar-refractivity contribution in [1.29, 1.82) is 0 Å². The third-order valence-corrected chi connectivity index (χ3v) is 4.01. The van der Waals surface area contributed by atoms with Crippen LogP contribution < -0.4 is 4.72 Å². The summed E-state index contributed by atoms with van der Waals surface area (Å²) in [5.41, 5.74) is -1.51. The summed E-state index contributed by atoms with van der Waals surface area (Å²) in [7, 11) is -3.79. The number of hydrogen-bond acceptors (Lipinski definition) is 4. The van der Waals surface area contributed by atoms with Crippen LogP contribution in [0, 0.1) is 0 Å². The Balaban J connectivity index is 2.88. The maximum Gasteiger partial charge on any atom is 0.242 e. The highest BCUT2D eigenvalue weighted by molar-refractivity contribution is 7.89. The summed E-state index contributed by atoms with van der Waals surface area (Å²) in [6, 6.07) is 5.98. The van der Waals surface area contributed by atoms with Crippen LogP contribution in [-0.2, 0) is 10.0 Å². The number of hydrogen-bond donors (Lipinski definition) is 3. The Morgan fingerprint density at radius 1 is 1.41 bits per heavy atom. The predicted molar refractivity (Wildman–Crippen MR) is 64.4 cm³/mol. The molecule has 3 N–H and O–H groups in total. The Labute approximate surface area is 105 Å². The normalized spacial score (nSPS) is 15.5. The summed E-state index contributed by atoms with van der Waals surface area (Å²) in [5, 5.41) is 18.4. The second-order valence-corrected chi connectivity index (χ2v) is 6.05. The van der Waals surface area contributed by atoms with Crippen LogP contribution in [0.25, 0.3) is 0 Å². The quantitative estimate of drug-likeness (QED) is 0.726. The molecule has 1 aromatic rings. The van der Waals surface area contributed by atoms with Crippen LogP contribution in [-0.4, -0.2) is 37.4 Å². The molecule has 0 amide bonds. The number of aliphatic hydroxyl groups is 2. The first-order valence-corrected chi connectivity index (χ1v) is 6.72. The third-order valence-electron chi connectivity index (χ3n) is 2.11. The van der Waals surface area contributed by atoms with E-state index in [0.29, 0.717) is 0 Å². The van der Waals surface area contributed by atoms with Gasteiger partial charge in [-0.25, -0.2) is 13.1 Å². The minimum absolute atomic E-state index is 0.0598. The van der Waals surface area contributed by atoms with Crippen LogP contribution in [0.4, 0.5) is 0 Å². The van der Waals surface area contributed by atoms with E-state index in [1.165, 1.54) is 19.1 Å². The largest absolute Gasteiger partial charge is 0.393 e. The molecule has 0 aliphatic carbocycles. The number of aliphatic hydroxyl groups excluding tert-OH is 1. The van der Waals surface area contributed by atoms with Gasteiger partial charge in [0.1, 0.15) is 4.90 Å². The molecule has 5 nitrogen and oxygen atoms in total. The van der Waals surface area contributed by atoms with Gasteiger partial charge in [0, 0.05) is 6.54 Å². The zero-order valence-corrected chi connectivity index (χ0v) is 10.8. The van der Waals surface area contributed by atoms with Gasteiger partial charge < -0.3 is 10.2 Å². The summed E-state index contributed by atoms with van der Waals surface area (Å²) in [5.74, 6) is 0. The van der Waals surface area contributed by atoms with Crippen molar-refractivity contribution in [2.24, 2.45) is 0 Å². The van der Waals surface area contributed by atoms with Gasteiger partial charge in [-0.05, 0) is 19.1 Å². The van der Waals surface area contributed by atoms with Crippen molar-refractivity contribution in [1.82, 2.24) is 4.72 Å². The summed E-state index contributed by atoms with van der Waals surface area (Å²) >= 11 is 5.76. The van der Waals surface area contributed by atoms with Crippen molar-refractivity contribution in [2.75, 3.05) is 13.2 Å². The van der Waals surface area contributed by atoms with Crippen LogP contribution in [0.15, 0.2) is 29.2 Å². The highest BCUT2D eigenvalue weighted by Crippen LogP contribution is 2.20. The monoisotopic (exact) mass is 279 g/mol. The van der Waals surface area contributed by atoms with Gasteiger partial charge in [0.15, 0.2) is 0 Å². The van der Waals surface area contributed by atoms with Gasteiger partial charge in [-0.2, -0.15) is 0 Å². The second kappa shape index (κ2) is 5.32. The Bertz CT molecular complexity index is 487. The highest BCUT2D eigenvalue weighted by atomic mass is 35.5. The molecule has 7 heteroatoms. The summed E-state index contributed by atoms with van der Waals surface area (Å²) in [4.78, 5) is -0.0598. The zero-order valence-electron chi connectivity index (χ0n) is 9.22. The van der Waals surface area contributed by atoms with Gasteiger partial charge in [0.05, 0.1) is 17.2 Å². The Morgan fingerprint density at radius 3 is 2.53 bits per heavy atom. The lowest BCUT2D eigenvalue weighted by atomic mass is 10.1. The van der Waals surface area contributed by atoms with E-state index >= 15 is 0 Å². The van der Waals surface area contributed by atoms with Crippen molar-refractivity contribution in [3.05, 3.63) is 29.3 Å². The molecule has 0 saturated heterocycles. The Kier molecular flexibility index (Phi) is 4.51. The van der Waals surface area contributed by atoms with Gasteiger partial charge in [-0.15, -0.1) is 0 Å². The van der Waals surface area contributed by atoms with Gasteiger partial charge in [-0.1, -0.05) is 23.7 Å². The zero-order chi connectivity index (χ0) is 13.1. The molecule has 17 heavy (non-hydrogen) atoms. The average molecular weight is 280 g/mol. The van der Waals surface area contributed by atoms with Gasteiger partial charge in [0.2, 0.25) is 10.0 Å². The molecular formula is C10H14ClNO4S.